The van der Waals surface area contributed by atoms with Gasteiger partial charge in [-0.2, -0.15) is 4.39 Å². The van der Waals surface area contributed by atoms with Crippen molar-refractivity contribution in [2.24, 2.45) is 0 Å². The number of aliphatic carboxylic acids is 1. The second kappa shape index (κ2) is 5.94. The van der Waals surface area contributed by atoms with Crippen LogP contribution in [0.2, 0.25) is 0 Å². The smallest absolute Gasteiger partial charge is 0.307 e. The van der Waals surface area contributed by atoms with Crippen molar-refractivity contribution >= 4 is 29.0 Å². The van der Waals surface area contributed by atoms with Gasteiger partial charge in [-0.3, -0.25) is 14.4 Å². The molecule has 1 N–H and O–H groups in total. The van der Waals surface area contributed by atoms with E-state index in [1.54, 1.807) is 6.92 Å². The van der Waals surface area contributed by atoms with Gasteiger partial charge in [0.15, 0.2) is 17.1 Å². The third kappa shape index (κ3) is 2.66. The molecule has 1 aliphatic carbocycles. The normalized spacial score (nSPS) is 23.4. The van der Waals surface area contributed by atoms with E-state index in [1.807, 2.05) is 0 Å². The minimum atomic E-state index is -1.74. The lowest BCUT2D eigenvalue weighted by Crippen LogP contribution is -2.40. The summed E-state index contributed by atoms with van der Waals surface area (Å²) in [5.41, 5.74) is 1.05. The number of rotatable bonds is 3. The number of nitrogens with zero attached hydrogens (tertiary/aromatic N) is 1. The van der Waals surface area contributed by atoms with Crippen LogP contribution in [-0.4, -0.2) is 39.9 Å². The van der Waals surface area contributed by atoms with Gasteiger partial charge in [0.2, 0.25) is 0 Å². The van der Waals surface area contributed by atoms with E-state index < -0.39 is 35.0 Å². The number of ketones is 1. The quantitative estimate of drug-likeness (QED) is 0.907. The van der Waals surface area contributed by atoms with Crippen molar-refractivity contribution in [3.63, 3.8) is 0 Å². The molecule has 0 aromatic carbocycles. The zero-order valence-corrected chi connectivity index (χ0v) is 13.4. The van der Waals surface area contributed by atoms with Gasteiger partial charge in [-0.05, 0) is 36.3 Å². The average Bonchev–Trinajstić information content (AvgIpc) is 3.03. The van der Waals surface area contributed by atoms with Crippen LogP contribution in [0.3, 0.4) is 0 Å². The van der Waals surface area contributed by atoms with E-state index in [0.29, 0.717) is 28.2 Å². The molecule has 0 saturated heterocycles. The fraction of sp³-hybridized carbons (Fsp3) is 0.312. The second-order valence-electron chi connectivity index (χ2n) is 5.63. The molecule has 2 unspecified atom stereocenters. The van der Waals surface area contributed by atoms with Crippen LogP contribution in [0.5, 0.6) is 0 Å². The van der Waals surface area contributed by atoms with Crippen molar-refractivity contribution in [3.05, 3.63) is 45.1 Å². The van der Waals surface area contributed by atoms with Gasteiger partial charge >= 0.3 is 5.97 Å². The molecule has 126 valence electrons. The summed E-state index contributed by atoms with van der Waals surface area (Å²) in [7, 11) is 0. The molecule has 1 aromatic rings. The first-order valence-electron chi connectivity index (χ1n) is 7.20. The van der Waals surface area contributed by atoms with Crippen molar-refractivity contribution < 1.29 is 28.3 Å². The summed E-state index contributed by atoms with van der Waals surface area (Å²) in [6.45, 7) is 1.55. The van der Waals surface area contributed by atoms with Crippen LogP contribution >= 0.6 is 11.3 Å². The minimum absolute atomic E-state index is 0.134. The number of carbonyl (C=O) groups excluding carboxylic acids is 2. The summed E-state index contributed by atoms with van der Waals surface area (Å²) >= 11 is 0.664. The topological polar surface area (TPSA) is 74.7 Å². The summed E-state index contributed by atoms with van der Waals surface area (Å²) in [6, 6.07) is 1.74. The van der Waals surface area contributed by atoms with Crippen LogP contribution in [-0.2, 0) is 9.59 Å². The Balaban J connectivity index is 2.06. The number of carboxylic acid groups (broad SMARTS) is 1. The van der Waals surface area contributed by atoms with E-state index in [-0.39, 0.29) is 17.7 Å². The monoisotopic (exact) mass is 353 g/mol. The molecule has 0 fully saturated rings. The highest BCUT2D eigenvalue weighted by molar-refractivity contribution is 7.12. The molecule has 1 amide bonds. The third-order valence-electron chi connectivity index (χ3n) is 4.18. The molecule has 1 aliphatic heterocycles. The van der Waals surface area contributed by atoms with Crippen LogP contribution < -0.4 is 0 Å². The van der Waals surface area contributed by atoms with Crippen LogP contribution in [0.1, 0.15) is 29.4 Å². The van der Waals surface area contributed by atoms with Gasteiger partial charge in [0, 0.05) is 12.1 Å². The number of hydrogen-bond acceptors (Lipinski definition) is 4. The SMILES string of the molecule is CC1=C(CC(=O)O)C2=CC(=O)C(F)CC2N1C(=O)c1ccc(F)s1. The number of thiophene rings is 1. The maximum atomic E-state index is 13.9. The lowest BCUT2D eigenvalue weighted by atomic mass is 9.88. The van der Waals surface area contributed by atoms with E-state index in [2.05, 4.69) is 0 Å². The number of hydrogen-bond donors (Lipinski definition) is 1. The fourth-order valence-electron chi connectivity index (χ4n) is 3.12. The standard InChI is InChI=1S/C16H13F2NO4S/c1-7-8(5-15(21)22)9-4-12(20)10(17)6-11(9)19(7)16(23)13-2-3-14(18)24-13/h2-4,10-11H,5-6H2,1H3,(H,21,22). The summed E-state index contributed by atoms with van der Waals surface area (Å²) in [6.07, 6.45) is -1.26. The molecular formula is C16H13F2NO4S. The Kier molecular flexibility index (Phi) is 4.08. The van der Waals surface area contributed by atoms with Crippen LogP contribution in [0.15, 0.2) is 35.1 Å². The van der Waals surface area contributed by atoms with Gasteiger partial charge < -0.3 is 10.0 Å². The maximum Gasteiger partial charge on any atom is 0.307 e. The Morgan fingerprint density at radius 3 is 2.71 bits per heavy atom. The Labute approximate surface area is 139 Å². The molecule has 2 atom stereocenters. The molecule has 0 saturated carbocycles. The zero-order valence-electron chi connectivity index (χ0n) is 12.6. The summed E-state index contributed by atoms with van der Waals surface area (Å²) in [4.78, 5) is 36.9. The largest absolute Gasteiger partial charge is 0.481 e. The minimum Gasteiger partial charge on any atom is -0.481 e. The van der Waals surface area contributed by atoms with E-state index >= 15 is 0 Å². The van der Waals surface area contributed by atoms with Gasteiger partial charge in [-0.25, -0.2) is 4.39 Å². The van der Waals surface area contributed by atoms with E-state index in [4.69, 9.17) is 5.11 Å². The highest BCUT2D eigenvalue weighted by Gasteiger charge is 2.44. The number of carboxylic acids is 1. The molecular weight excluding hydrogens is 340 g/mol. The zero-order chi connectivity index (χ0) is 17.6. The Morgan fingerprint density at radius 1 is 1.42 bits per heavy atom. The molecule has 1 aromatic heterocycles. The maximum absolute atomic E-state index is 13.9. The molecule has 0 radical (unpaired) electrons. The van der Waals surface area contributed by atoms with E-state index in [1.165, 1.54) is 11.0 Å². The summed E-state index contributed by atoms with van der Waals surface area (Å²) in [5, 5.41) is 8.55. The molecule has 2 heterocycles. The van der Waals surface area contributed by atoms with Crippen molar-refractivity contribution in [3.8, 4) is 0 Å². The van der Waals surface area contributed by atoms with Crippen molar-refractivity contribution in [2.75, 3.05) is 0 Å². The predicted molar refractivity (Wildman–Crippen MR) is 81.8 cm³/mol. The first-order valence-corrected chi connectivity index (χ1v) is 8.01. The van der Waals surface area contributed by atoms with Gasteiger partial charge in [0.25, 0.3) is 5.91 Å². The first kappa shape index (κ1) is 16.5. The van der Waals surface area contributed by atoms with E-state index in [0.717, 1.165) is 12.1 Å². The van der Waals surface area contributed by atoms with Gasteiger partial charge in [-0.15, -0.1) is 11.3 Å². The molecule has 2 aliphatic rings. The lowest BCUT2D eigenvalue weighted by Gasteiger charge is -2.29. The molecule has 0 spiro atoms. The Hall–Kier alpha value is -2.35. The van der Waals surface area contributed by atoms with Crippen LogP contribution in [0.4, 0.5) is 8.78 Å². The second-order valence-corrected chi connectivity index (χ2v) is 6.67. The molecule has 0 bridgehead atoms. The highest BCUT2D eigenvalue weighted by atomic mass is 32.1. The number of alkyl halides is 1. The van der Waals surface area contributed by atoms with Crippen LogP contribution in [0, 0.1) is 5.13 Å². The number of allylic oxidation sites excluding steroid dienone is 2. The van der Waals surface area contributed by atoms with Gasteiger partial charge in [0.05, 0.1) is 17.3 Å². The number of halogens is 2. The lowest BCUT2D eigenvalue weighted by molar-refractivity contribution is -0.136. The first-order chi connectivity index (χ1) is 11.3. The number of carbonyl (C=O) groups is 3. The van der Waals surface area contributed by atoms with E-state index in [9.17, 15) is 23.2 Å². The molecule has 3 rings (SSSR count). The number of amides is 1. The average molecular weight is 353 g/mol. The Morgan fingerprint density at radius 2 is 2.12 bits per heavy atom. The van der Waals surface area contributed by atoms with Gasteiger partial charge in [-0.1, -0.05) is 0 Å². The molecule has 24 heavy (non-hydrogen) atoms. The van der Waals surface area contributed by atoms with Crippen molar-refractivity contribution in [2.45, 2.75) is 32.0 Å². The summed E-state index contributed by atoms with van der Waals surface area (Å²) < 4.78 is 27.1. The van der Waals surface area contributed by atoms with Gasteiger partial charge in [0.1, 0.15) is 0 Å². The van der Waals surface area contributed by atoms with Crippen molar-refractivity contribution in [1.29, 1.82) is 0 Å². The third-order valence-corrected chi connectivity index (χ3v) is 5.05. The fourth-order valence-corrected chi connectivity index (χ4v) is 3.79. The van der Waals surface area contributed by atoms with Crippen molar-refractivity contribution in [1.82, 2.24) is 4.90 Å². The predicted octanol–water partition coefficient (Wildman–Crippen LogP) is 2.70. The Bertz CT molecular complexity index is 811. The number of fused-ring (bicyclic) bond motifs is 1. The molecule has 8 heteroatoms. The summed E-state index contributed by atoms with van der Waals surface area (Å²) in [5.74, 6) is -2.37. The highest BCUT2D eigenvalue weighted by Crippen LogP contribution is 2.41. The van der Waals surface area contributed by atoms with Crippen LogP contribution in [0.25, 0.3) is 0 Å². The molecule has 5 nitrogen and oxygen atoms in total.